The fraction of sp³-hybridized carbons (Fsp3) is 0.0800. The number of rotatable bonds is 6. The van der Waals surface area contributed by atoms with Crippen LogP contribution in [0.2, 0.25) is 0 Å². The summed E-state index contributed by atoms with van der Waals surface area (Å²) in [6.45, 7) is 1.86. The largest absolute Gasteiger partial charge is 0.497 e. The van der Waals surface area contributed by atoms with Gasteiger partial charge in [-0.15, -0.1) is 0 Å². The average Bonchev–Trinajstić information content (AvgIpc) is 2.80. The molecule has 4 rings (SSSR count). The molecule has 0 bridgehead atoms. The second-order valence-electron chi connectivity index (χ2n) is 6.94. The molecule has 0 aliphatic rings. The number of ether oxygens (including phenoxy) is 1. The highest BCUT2D eigenvalue weighted by Gasteiger charge is 2.09. The van der Waals surface area contributed by atoms with Crippen LogP contribution in [0.25, 0.3) is 11.3 Å². The first-order chi connectivity index (χ1) is 15.1. The standard InChI is InChI=1S/C25H22N4O2/c1-17-26-23(18-7-4-3-5-8-18)16-24(27-17)28-21-10-6-9-19(15-21)25(30)29-20-11-13-22(31-2)14-12-20/h3-16H,1-2H3,(H,29,30)(H,26,27,28). The highest BCUT2D eigenvalue weighted by molar-refractivity contribution is 6.04. The summed E-state index contributed by atoms with van der Waals surface area (Å²) in [6.07, 6.45) is 0. The molecule has 0 atom stereocenters. The Hall–Kier alpha value is -4.19. The summed E-state index contributed by atoms with van der Waals surface area (Å²) in [6, 6.07) is 26.3. The van der Waals surface area contributed by atoms with E-state index in [0.29, 0.717) is 22.9 Å². The first-order valence-electron chi connectivity index (χ1n) is 9.84. The summed E-state index contributed by atoms with van der Waals surface area (Å²) < 4.78 is 5.14. The van der Waals surface area contributed by atoms with Gasteiger partial charge < -0.3 is 15.4 Å². The van der Waals surface area contributed by atoms with E-state index in [2.05, 4.69) is 20.6 Å². The van der Waals surface area contributed by atoms with Crippen molar-refractivity contribution in [3.05, 3.63) is 96.3 Å². The lowest BCUT2D eigenvalue weighted by molar-refractivity contribution is 0.102. The quantitative estimate of drug-likeness (QED) is 0.442. The lowest BCUT2D eigenvalue weighted by Gasteiger charge is -2.11. The molecule has 6 heteroatoms. The Bertz CT molecular complexity index is 1190. The summed E-state index contributed by atoms with van der Waals surface area (Å²) >= 11 is 0. The fourth-order valence-corrected chi connectivity index (χ4v) is 3.15. The number of amides is 1. The Labute approximate surface area is 181 Å². The van der Waals surface area contributed by atoms with Gasteiger partial charge in [0.15, 0.2) is 0 Å². The molecule has 0 unspecified atom stereocenters. The van der Waals surface area contributed by atoms with Gasteiger partial charge in [0.2, 0.25) is 0 Å². The predicted molar refractivity (Wildman–Crippen MR) is 123 cm³/mol. The van der Waals surface area contributed by atoms with Gasteiger partial charge >= 0.3 is 0 Å². The molecular weight excluding hydrogens is 388 g/mol. The zero-order valence-corrected chi connectivity index (χ0v) is 17.3. The normalized spacial score (nSPS) is 10.4. The number of carbonyl (C=O) groups is 1. The van der Waals surface area contributed by atoms with Gasteiger partial charge in [-0.1, -0.05) is 36.4 Å². The van der Waals surface area contributed by atoms with E-state index in [1.807, 2.05) is 55.5 Å². The third kappa shape index (κ3) is 5.05. The SMILES string of the molecule is COc1ccc(NC(=O)c2cccc(Nc3cc(-c4ccccc4)nc(C)n3)c2)cc1. The first-order valence-corrected chi connectivity index (χ1v) is 9.84. The highest BCUT2D eigenvalue weighted by Crippen LogP contribution is 2.23. The van der Waals surface area contributed by atoms with E-state index >= 15 is 0 Å². The second-order valence-corrected chi connectivity index (χ2v) is 6.94. The lowest BCUT2D eigenvalue weighted by Crippen LogP contribution is -2.12. The van der Waals surface area contributed by atoms with Crippen molar-refractivity contribution in [2.75, 3.05) is 17.7 Å². The second kappa shape index (κ2) is 9.09. The van der Waals surface area contributed by atoms with Crippen LogP contribution in [0.1, 0.15) is 16.2 Å². The van der Waals surface area contributed by atoms with Gasteiger partial charge in [-0.05, 0) is 49.4 Å². The zero-order chi connectivity index (χ0) is 21.6. The van der Waals surface area contributed by atoms with Crippen LogP contribution in [-0.2, 0) is 0 Å². The van der Waals surface area contributed by atoms with Gasteiger partial charge in [0, 0.05) is 28.6 Å². The smallest absolute Gasteiger partial charge is 0.255 e. The van der Waals surface area contributed by atoms with E-state index in [0.717, 1.165) is 22.7 Å². The average molecular weight is 410 g/mol. The fourth-order valence-electron chi connectivity index (χ4n) is 3.15. The Morgan fingerprint density at radius 3 is 2.35 bits per heavy atom. The molecule has 0 spiro atoms. The molecule has 154 valence electrons. The van der Waals surface area contributed by atoms with E-state index in [-0.39, 0.29) is 5.91 Å². The molecule has 2 N–H and O–H groups in total. The van der Waals surface area contributed by atoms with Crippen LogP contribution in [0, 0.1) is 6.92 Å². The molecule has 0 fully saturated rings. The molecule has 3 aromatic carbocycles. The van der Waals surface area contributed by atoms with E-state index in [4.69, 9.17) is 4.74 Å². The number of carbonyl (C=O) groups excluding carboxylic acids is 1. The van der Waals surface area contributed by atoms with Crippen LogP contribution in [0.5, 0.6) is 5.75 Å². The number of aryl methyl sites for hydroxylation is 1. The van der Waals surface area contributed by atoms with Crippen molar-refractivity contribution in [1.29, 1.82) is 0 Å². The molecule has 1 aromatic heterocycles. The maximum atomic E-state index is 12.7. The Morgan fingerprint density at radius 2 is 1.61 bits per heavy atom. The van der Waals surface area contributed by atoms with Crippen molar-refractivity contribution in [2.45, 2.75) is 6.92 Å². The van der Waals surface area contributed by atoms with Crippen LogP contribution in [0.3, 0.4) is 0 Å². The topological polar surface area (TPSA) is 76.1 Å². The van der Waals surface area contributed by atoms with Crippen LogP contribution in [0.4, 0.5) is 17.2 Å². The summed E-state index contributed by atoms with van der Waals surface area (Å²) in [5, 5.41) is 6.17. The van der Waals surface area contributed by atoms with Crippen LogP contribution in [0.15, 0.2) is 84.9 Å². The number of hydrogen-bond donors (Lipinski definition) is 2. The maximum Gasteiger partial charge on any atom is 0.255 e. The molecule has 6 nitrogen and oxygen atoms in total. The van der Waals surface area contributed by atoms with Crippen molar-refractivity contribution in [3.63, 3.8) is 0 Å². The number of aromatic nitrogens is 2. The molecule has 0 radical (unpaired) electrons. The van der Waals surface area contributed by atoms with Gasteiger partial charge in [-0.3, -0.25) is 4.79 Å². The van der Waals surface area contributed by atoms with Crippen LogP contribution in [-0.4, -0.2) is 23.0 Å². The maximum absolute atomic E-state index is 12.7. The number of nitrogens with zero attached hydrogens (tertiary/aromatic N) is 2. The molecule has 1 amide bonds. The summed E-state index contributed by atoms with van der Waals surface area (Å²) in [7, 11) is 1.61. The minimum Gasteiger partial charge on any atom is -0.497 e. The molecule has 0 aliphatic carbocycles. The number of hydrogen-bond acceptors (Lipinski definition) is 5. The van der Waals surface area contributed by atoms with E-state index in [9.17, 15) is 4.79 Å². The number of anilines is 3. The van der Waals surface area contributed by atoms with Gasteiger partial charge in [0.1, 0.15) is 17.4 Å². The van der Waals surface area contributed by atoms with E-state index in [1.165, 1.54) is 0 Å². The highest BCUT2D eigenvalue weighted by atomic mass is 16.5. The van der Waals surface area contributed by atoms with Crippen LogP contribution >= 0.6 is 0 Å². The first kappa shape index (κ1) is 20.1. The monoisotopic (exact) mass is 410 g/mol. The minimum atomic E-state index is -0.197. The van der Waals surface area contributed by atoms with Crippen molar-refractivity contribution in [2.24, 2.45) is 0 Å². The number of methoxy groups -OCH3 is 1. The van der Waals surface area contributed by atoms with E-state index in [1.54, 1.807) is 43.5 Å². The van der Waals surface area contributed by atoms with Gasteiger partial charge in [0.25, 0.3) is 5.91 Å². The van der Waals surface area contributed by atoms with Crippen molar-refractivity contribution >= 4 is 23.1 Å². The Balaban J connectivity index is 1.52. The van der Waals surface area contributed by atoms with E-state index < -0.39 is 0 Å². The molecule has 31 heavy (non-hydrogen) atoms. The Kier molecular flexibility index (Phi) is 5.89. The molecule has 0 aliphatic heterocycles. The van der Waals surface area contributed by atoms with Gasteiger partial charge in [0.05, 0.1) is 12.8 Å². The third-order valence-corrected chi connectivity index (χ3v) is 4.65. The molecule has 0 saturated heterocycles. The number of benzene rings is 3. The van der Waals surface area contributed by atoms with Gasteiger partial charge in [-0.25, -0.2) is 9.97 Å². The summed E-state index contributed by atoms with van der Waals surface area (Å²) in [4.78, 5) is 21.7. The Morgan fingerprint density at radius 1 is 0.839 bits per heavy atom. The summed E-state index contributed by atoms with van der Waals surface area (Å²) in [5.74, 6) is 1.87. The third-order valence-electron chi connectivity index (χ3n) is 4.65. The molecule has 4 aromatic rings. The lowest BCUT2D eigenvalue weighted by atomic mass is 10.1. The predicted octanol–water partition coefficient (Wildman–Crippen LogP) is 5.46. The molecule has 1 heterocycles. The summed E-state index contributed by atoms with van der Waals surface area (Å²) in [5.41, 5.74) is 3.85. The van der Waals surface area contributed by atoms with Crippen molar-refractivity contribution < 1.29 is 9.53 Å². The van der Waals surface area contributed by atoms with Crippen LogP contribution < -0.4 is 15.4 Å². The zero-order valence-electron chi connectivity index (χ0n) is 17.3. The van der Waals surface area contributed by atoms with Gasteiger partial charge in [-0.2, -0.15) is 0 Å². The minimum absolute atomic E-state index is 0.197. The number of nitrogens with one attached hydrogen (secondary N) is 2. The molecule has 0 saturated carbocycles. The molecular formula is C25H22N4O2. The van der Waals surface area contributed by atoms with Crippen molar-refractivity contribution in [1.82, 2.24) is 9.97 Å². The van der Waals surface area contributed by atoms with Crippen molar-refractivity contribution in [3.8, 4) is 17.0 Å².